The molecule has 6 nitrogen and oxygen atoms in total. The maximum Gasteiger partial charge on any atom is 0.353 e. The van der Waals surface area contributed by atoms with Gasteiger partial charge in [-0.05, 0) is 54.5 Å². The van der Waals surface area contributed by atoms with Gasteiger partial charge in [0.2, 0.25) is 0 Å². The summed E-state index contributed by atoms with van der Waals surface area (Å²) in [6.07, 6.45) is 3.85. The molecule has 0 fully saturated rings. The van der Waals surface area contributed by atoms with Crippen LogP contribution in [0.3, 0.4) is 0 Å². The molecule has 166 valence electrons. The third-order valence-electron chi connectivity index (χ3n) is 5.61. The van der Waals surface area contributed by atoms with Crippen LogP contribution in [0, 0.1) is 6.92 Å². The monoisotopic (exact) mass is 447 g/mol. The van der Waals surface area contributed by atoms with Crippen LogP contribution in [0.15, 0.2) is 78.9 Å². The quantitative estimate of drug-likeness (QED) is 0.301. The topological polar surface area (TPSA) is 95.1 Å². The highest BCUT2D eigenvalue weighted by Crippen LogP contribution is 2.24. The van der Waals surface area contributed by atoms with Crippen molar-refractivity contribution in [3.63, 3.8) is 0 Å². The van der Waals surface area contributed by atoms with Crippen molar-refractivity contribution >= 4 is 51.5 Å². The van der Waals surface area contributed by atoms with E-state index in [1.165, 1.54) is 0 Å². The van der Waals surface area contributed by atoms with Gasteiger partial charge in [-0.25, -0.2) is 9.78 Å². The Morgan fingerprint density at radius 3 is 2.62 bits per heavy atom. The molecule has 2 aromatic heterocycles. The van der Waals surface area contributed by atoms with Gasteiger partial charge in [0.25, 0.3) is 5.91 Å². The van der Waals surface area contributed by atoms with Crippen molar-refractivity contribution in [3.05, 3.63) is 107 Å². The van der Waals surface area contributed by atoms with Gasteiger partial charge in [0, 0.05) is 22.0 Å². The number of fused-ring (bicyclic) bond motifs is 2. The third-order valence-corrected chi connectivity index (χ3v) is 5.61. The Morgan fingerprint density at radius 2 is 1.76 bits per heavy atom. The molecule has 1 amide bonds. The van der Waals surface area contributed by atoms with Crippen molar-refractivity contribution in [2.75, 3.05) is 5.32 Å². The normalized spacial score (nSPS) is 11.3. The molecule has 34 heavy (non-hydrogen) atoms. The molecule has 0 atom stereocenters. The molecule has 3 aromatic carbocycles. The van der Waals surface area contributed by atoms with Crippen molar-refractivity contribution in [2.24, 2.45) is 0 Å². The van der Waals surface area contributed by atoms with Gasteiger partial charge in [0.05, 0.1) is 16.8 Å². The zero-order valence-electron chi connectivity index (χ0n) is 18.4. The largest absolute Gasteiger partial charge is 0.477 e. The van der Waals surface area contributed by atoms with Gasteiger partial charge < -0.3 is 15.4 Å². The van der Waals surface area contributed by atoms with Crippen LogP contribution in [0.2, 0.25) is 0 Å². The Labute approximate surface area is 195 Å². The van der Waals surface area contributed by atoms with Crippen LogP contribution in [0.5, 0.6) is 0 Å². The zero-order valence-corrected chi connectivity index (χ0v) is 18.4. The lowest BCUT2D eigenvalue weighted by Crippen LogP contribution is -2.15. The van der Waals surface area contributed by atoms with E-state index in [1.54, 1.807) is 30.3 Å². The lowest BCUT2D eigenvalue weighted by molar-refractivity contribution is 0.0687. The Morgan fingerprint density at radius 1 is 0.941 bits per heavy atom. The average molecular weight is 447 g/mol. The number of carbonyl (C=O) groups excluding carboxylic acids is 1. The fourth-order valence-corrected chi connectivity index (χ4v) is 3.97. The summed E-state index contributed by atoms with van der Waals surface area (Å²) in [5.74, 6) is -1.67. The minimum Gasteiger partial charge on any atom is -0.477 e. The van der Waals surface area contributed by atoms with Crippen LogP contribution in [0.1, 0.15) is 37.7 Å². The molecule has 0 radical (unpaired) electrons. The van der Waals surface area contributed by atoms with E-state index in [0.29, 0.717) is 16.6 Å². The molecule has 5 rings (SSSR count). The summed E-state index contributed by atoms with van der Waals surface area (Å²) in [5, 5.41) is 14.0. The summed E-state index contributed by atoms with van der Waals surface area (Å²) >= 11 is 0. The number of nitrogens with zero attached hydrogens (tertiary/aromatic N) is 1. The first-order chi connectivity index (χ1) is 16.5. The van der Waals surface area contributed by atoms with E-state index in [-0.39, 0.29) is 11.3 Å². The van der Waals surface area contributed by atoms with Crippen LogP contribution < -0.4 is 5.32 Å². The number of carboxylic acid groups (broad SMARTS) is 1. The highest BCUT2D eigenvalue weighted by Gasteiger charge is 2.22. The van der Waals surface area contributed by atoms with Gasteiger partial charge >= 0.3 is 5.97 Å². The number of pyridine rings is 1. The Hall–Kier alpha value is -4.71. The molecule has 0 aliphatic heterocycles. The summed E-state index contributed by atoms with van der Waals surface area (Å²) < 4.78 is 0. The summed E-state index contributed by atoms with van der Waals surface area (Å²) in [6.45, 7) is 2.04. The number of carbonyl (C=O) groups is 2. The number of anilines is 1. The molecule has 6 heteroatoms. The number of aryl methyl sites for hydroxylation is 1. The van der Waals surface area contributed by atoms with E-state index < -0.39 is 11.9 Å². The van der Waals surface area contributed by atoms with E-state index in [9.17, 15) is 14.7 Å². The Kier molecular flexibility index (Phi) is 5.40. The first-order valence-corrected chi connectivity index (χ1v) is 10.8. The van der Waals surface area contributed by atoms with E-state index in [2.05, 4.69) is 28.5 Å². The molecule has 0 bridgehead atoms. The number of H-pyrrole nitrogens is 1. The molecule has 0 aliphatic rings. The van der Waals surface area contributed by atoms with Gasteiger partial charge in [-0.2, -0.15) is 0 Å². The molecule has 0 saturated heterocycles. The van der Waals surface area contributed by atoms with E-state index in [1.807, 2.05) is 49.4 Å². The summed E-state index contributed by atoms with van der Waals surface area (Å²) in [7, 11) is 0. The second-order valence-corrected chi connectivity index (χ2v) is 8.07. The van der Waals surface area contributed by atoms with Gasteiger partial charge in [-0.1, -0.05) is 54.6 Å². The maximum absolute atomic E-state index is 13.0. The highest BCUT2D eigenvalue weighted by molar-refractivity contribution is 6.18. The van der Waals surface area contributed by atoms with E-state index >= 15 is 0 Å². The molecule has 3 N–H and O–H groups in total. The summed E-state index contributed by atoms with van der Waals surface area (Å²) in [5.41, 5.74) is 4.95. The van der Waals surface area contributed by atoms with E-state index in [0.717, 1.165) is 27.7 Å². The molecule has 0 unspecified atom stereocenters. The van der Waals surface area contributed by atoms with Crippen LogP contribution in [0.4, 0.5) is 5.69 Å². The zero-order chi connectivity index (χ0) is 23.7. The van der Waals surface area contributed by atoms with Crippen molar-refractivity contribution in [1.29, 1.82) is 0 Å². The molecule has 0 aliphatic carbocycles. The number of hydrogen-bond acceptors (Lipinski definition) is 3. The minimum atomic E-state index is -1.18. The summed E-state index contributed by atoms with van der Waals surface area (Å²) in [4.78, 5) is 32.2. The molecular weight excluding hydrogens is 426 g/mol. The molecular formula is C28H21N3O3. The Bertz CT molecular complexity index is 1600. The molecule has 0 saturated carbocycles. The number of aromatic nitrogens is 2. The second-order valence-electron chi connectivity index (χ2n) is 8.07. The SMILES string of the molecule is Cc1ccc2ccc(/C=C/c3cccc(NC(=O)c4c(C(=O)O)[nH]c5ccccc45)c3)nc2c1. The number of amides is 1. The predicted octanol–water partition coefficient (Wildman–Crippen LogP) is 6.15. The van der Waals surface area contributed by atoms with Crippen molar-refractivity contribution in [2.45, 2.75) is 6.92 Å². The van der Waals surface area contributed by atoms with Crippen LogP contribution in [-0.2, 0) is 0 Å². The minimum absolute atomic E-state index is 0.111. The van der Waals surface area contributed by atoms with Crippen molar-refractivity contribution < 1.29 is 14.7 Å². The number of rotatable bonds is 5. The number of para-hydroxylation sites is 1. The first kappa shape index (κ1) is 21.2. The number of hydrogen-bond donors (Lipinski definition) is 3. The first-order valence-electron chi connectivity index (χ1n) is 10.8. The lowest BCUT2D eigenvalue weighted by atomic mass is 10.1. The van der Waals surface area contributed by atoms with Gasteiger partial charge in [0.15, 0.2) is 0 Å². The van der Waals surface area contributed by atoms with Crippen LogP contribution in [0.25, 0.3) is 34.0 Å². The van der Waals surface area contributed by atoms with Gasteiger partial charge in [-0.15, -0.1) is 0 Å². The number of aromatic amines is 1. The average Bonchev–Trinajstić information content (AvgIpc) is 3.23. The second kappa shape index (κ2) is 8.67. The number of nitrogens with one attached hydrogen (secondary N) is 2. The van der Waals surface area contributed by atoms with E-state index in [4.69, 9.17) is 4.98 Å². The molecule has 0 spiro atoms. The highest BCUT2D eigenvalue weighted by atomic mass is 16.4. The lowest BCUT2D eigenvalue weighted by Gasteiger charge is -2.07. The summed E-state index contributed by atoms with van der Waals surface area (Å²) in [6, 6.07) is 24.6. The van der Waals surface area contributed by atoms with Crippen LogP contribution in [-0.4, -0.2) is 27.0 Å². The fraction of sp³-hybridized carbons (Fsp3) is 0.0357. The molecule has 2 heterocycles. The number of carboxylic acids is 1. The fourth-order valence-electron chi connectivity index (χ4n) is 3.97. The van der Waals surface area contributed by atoms with Crippen LogP contribution >= 0.6 is 0 Å². The van der Waals surface area contributed by atoms with Crippen molar-refractivity contribution in [3.8, 4) is 0 Å². The number of benzene rings is 3. The number of aromatic carboxylic acids is 1. The van der Waals surface area contributed by atoms with Gasteiger partial charge in [0.1, 0.15) is 5.69 Å². The van der Waals surface area contributed by atoms with Gasteiger partial charge in [-0.3, -0.25) is 4.79 Å². The maximum atomic E-state index is 13.0. The smallest absolute Gasteiger partial charge is 0.353 e. The van der Waals surface area contributed by atoms with Crippen molar-refractivity contribution in [1.82, 2.24) is 9.97 Å². The molecule has 5 aromatic rings. The predicted molar refractivity (Wildman–Crippen MR) is 135 cm³/mol. The Balaban J connectivity index is 1.40. The standard InChI is InChI=1S/C28H21N3O3/c1-17-9-11-19-12-14-20(29-24(19)15-17)13-10-18-5-4-6-21(16-18)30-27(32)25-22-7-2-3-8-23(22)31-26(25)28(33)34/h2-16,31H,1H3,(H,30,32)(H,33,34)/b13-10+. The third kappa shape index (κ3) is 4.17.